The van der Waals surface area contributed by atoms with Crippen LogP contribution >= 0.6 is 0 Å². The van der Waals surface area contributed by atoms with Crippen molar-refractivity contribution in [1.82, 2.24) is 24.3 Å². The van der Waals surface area contributed by atoms with Crippen LogP contribution in [0.15, 0.2) is 42.7 Å². The number of hydrogen-bond donors (Lipinski definition) is 0. The lowest BCUT2D eigenvalue weighted by molar-refractivity contribution is -0.00991. The zero-order chi connectivity index (χ0) is 21.2. The fourth-order valence-corrected chi connectivity index (χ4v) is 5.40. The molecule has 8 nitrogen and oxygen atoms in total. The van der Waals surface area contributed by atoms with Gasteiger partial charge in [0, 0.05) is 56.5 Å². The van der Waals surface area contributed by atoms with Crippen molar-refractivity contribution in [2.75, 3.05) is 37.6 Å². The largest absolute Gasteiger partial charge is 0.437 e. The quantitative estimate of drug-likeness (QED) is 0.650. The van der Waals surface area contributed by atoms with Gasteiger partial charge >= 0.3 is 6.09 Å². The van der Waals surface area contributed by atoms with Crippen LogP contribution in [0.5, 0.6) is 0 Å². The van der Waals surface area contributed by atoms with Crippen LogP contribution in [0.1, 0.15) is 11.4 Å². The van der Waals surface area contributed by atoms with E-state index in [2.05, 4.69) is 61.8 Å². The Labute approximate surface area is 181 Å². The lowest BCUT2D eigenvalue weighted by Crippen LogP contribution is -2.71. The zero-order valence-corrected chi connectivity index (χ0v) is 17.9. The molecule has 1 amide bonds. The zero-order valence-electron chi connectivity index (χ0n) is 17.9. The third kappa shape index (κ3) is 2.89. The second kappa shape index (κ2) is 6.68. The smallest absolute Gasteiger partial charge is 0.411 e. The number of fused-ring (bicyclic) bond motifs is 3. The summed E-state index contributed by atoms with van der Waals surface area (Å²) in [7, 11) is 2.10. The molecule has 1 spiro atoms. The van der Waals surface area contributed by atoms with Gasteiger partial charge in [0.2, 0.25) is 0 Å². The van der Waals surface area contributed by atoms with Gasteiger partial charge in [-0.2, -0.15) is 0 Å². The standard InChI is InChI=1S/C23H26N6O2/c1-16-24-8-7-21(25-16)28-14-23(15-28)20-13-27(9-10-29(20)22(30)31-23)12-17-11-26(2)19-6-4-3-5-18(17)19/h3-8,11,20H,9-10,12-15H2,1-2H3. The SMILES string of the molecule is Cc1nccc(N2CC3(C2)OC(=O)N2CCN(Cc4cn(C)c5ccccc45)CC23)n1. The minimum absolute atomic E-state index is 0.0721. The highest BCUT2D eigenvalue weighted by Crippen LogP contribution is 2.41. The van der Waals surface area contributed by atoms with Gasteiger partial charge < -0.3 is 14.2 Å². The molecule has 8 heteroatoms. The summed E-state index contributed by atoms with van der Waals surface area (Å²) in [6.45, 7) is 6.53. The molecule has 160 valence electrons. The van der Waals surface area contributed by atoms with Crippen LogP contribution < -0.4 is 4.90 Å². The number of para-hydroxylation sites is 1. The number of aryl methyl sites for hydroxylation is 2. The van der Waals surface area contributed by atoms with E-state index in [0.717, 1.165) is 31.3 Å². The second-order valence-electron chi connectivity index (χ2n) is 8.98. The minimum atomic E-state index is -0.451. The van der Waals surface area contributed by atoms with E-state index >= 15 is 0 Å². The van der Waals surface area contributed by atoms with Crippen molar-refractivity contribution < 1.29 is 9.53 Å². The second-order valence-corrected chi connectivity index (χ2v) is 8.98. The van der Waals surface area contributed by atoms with Gasteiger partial charge in [0.05, 0.1) is 19.1 Å². The number of hydrogen-bond acceptors (Lipinski definition) is 6. The van der Waals surface area contributed by atoms with Crippen molar-refractivity contribution in [3.05, 3.63) is 54.1 Å². The first-order valence-electron chi connectivity index (χ1n) is 10.8. The number of benzene rings is 1. The molecular formula is C23H26N6O2. The summed E-state index contributed by atoms with van der Waals surface area (Å²) >= 11 is 0. The Hall–Kier alpha value is -3.13. The molecule has 3 aliphatic rings. The maximum Gasteiger partial charge on any atom is 0.411 e. The fraction of sp³-hybridized carbons (Fsp3) is 0.435. The molecule has 3 aromatic rings. The Bertz CT molecular complexity index is 1170. The predicted molar refractivity (Wildman–Crippen MR) is 117 cm³/mol. The maximum atomic E-state index is 12.6. The van der Waals surface area contributed by atoms with Crippen LogP contribution in [0, 0.1) is 6.92 Å². The molecule has 1 atom stereocenters. The van der Waals surface area contributed by atoms with E-state index in [1.54, 1.807) is 6.20 Å². The number of anilines is 1. The van der Waals surface area contributed by atoms with E-state index < -0.39 is 5.60 Å². The highest BCUT2D eigenvalue weighted by molar-refractivity contribution is 5.83. The van der Waals surface area contributed by atoms with Gasteiger partial charge in [-0.1, -0.05) is 18.2 Å². The van der Waals surface area contributed by atoms with E-state index in [9.17, 15) is 4.79 Å². The summed E-state index contributed by atoms with van der Waals surface area (Å²) in [6, 6.07) is 10.5. The Morgan fingerprint density at radius 2 is 2.03 bits per heavy atom. The summed E-state index contributed by atoms with van der Waals surface area (Å²) in [5, 5.41) is 1.30. The molecule has 0 aliphatic carbocycles. The fourth-order valence-electron chi connectivity index (χ4n) is 5.40. The normalized spacial score (nSPS) is 22.6. The van der Waals surface area contributed by atoms with E-state index in [-0.39, 0.29) is 12.1 Å². The monoisotopic (exact) mass is 418 g/mol. The number of aromatic nitrogens is 3. The maximum absolute atomic E-state index is 12.6. The molecule has 3 fully saturated rings. The van der Waals surface area contributed by atoms with E-state index in [4.69, 9.17) is 4.74 Å². The van der Waals surface area contributed by atoms with Gasteiger partial charge in [-0.25, -0.2) is 14.8 Å². The van der Waals surface area contributed by atoms with Crippen molar-refractivity contribution in [2.24, 2.45) is 7.05 Å². The highest BCUT2D eigenvalue weighted by atomic mass is 16.6. The summed E-state index contributed by atoms with van der Waals surface area (Å²) in [5.74, 6) is 1.65. The van der Waals surface area contributed by atoms with Crippen LogP contribution in [0.2, 0.25) is 0 Å². The van der Waals surface area contributed by atoms with Gasteiger partial charge in [0.15, 0.2) is 5.60 Å². The van der Waals surface area contributed by atoms with E-state index in [1.165, 1.54) is 16.5 Å². The first-order chi connectivity index (χ1) is 15.0. The third-order valence-corrected chi connectivity index (χ3v) is 6.97. The van der Waals surface area contributed by atoms with E-state index in [0.29, 0.717) is 19.6 Å². The Balaban J connectivity index is 1.21. The molecule has 6 rings (SSSR count). The van der Waals surface area contributed by atoms with Gasteiger partial charge in [0.1, 0.15) is 11.6 Å². The average Bonchev–Trinajstić information content (AvgIpc) is 3.21. The van der Waals surface area contributed by atoms with E-state index in [1.807, 2.05) is 17.9 Å². The third-order valence-electron chi connectivity index (χ3n) is 6.97. The first-order valence-corrected chi connectivity index (χ1v) is 10.8. The van der Waals surface area contributed by atoms with Gasteiger partial charge in [0.25, 0.3) is 0 Å². The van der Waals surface area contributed by atoms with Crippen LogP contribution in [0.25, 0.3) is 10.9 Å². The Morgan fingerprint density at radius 3 is 2.87 bits per heavy atom. The molecule has 0 saturated carbocycles. The summed E-state index contributed by atoms with van der Waals surface area (Å²) in [6.07, 6.45) is 3.83. The van der Waals surface area contributed by atoms with Crippen molar-refractivity contribution in [2.45, 2.75) is 25.1 Å². The molecule has 31 heavy (non-hydrogen) atoms. The van der Waals surface area contributed by atoms with Gasteiger partial charge in [-0.3, -0.25) is 9.80 Å². The number of rotatable bonds is 3. The number of ether oxygens (including phenoxy) is 1. The molecular weight excluding hydrogens is 392 g/mol. The number of piperazine rings is 1. The molecule has 5 heterocycles. The molecule has 3 saturated heterocycles. The van der Waals surface area contributed by atoms with Crippen molar-refractivity contribution in [3.8, 4) is 0 Å². The number of carbonyl (C=O) groups is 1. The first kappa shape index (κ1) is 18.6. The molecule has 0 N–H and O–H groups in total. The van der Waals surface area contributed by atoms with Crippen molar-refractivity contribution >= 4 is 22.8 Å². The lowest BCUT2D eigenvalue weighted by atomic mass is 9.84. The van der Waals surface area contributed by atoms with Crippen LogP contribution in [-0.4, -0.2) is 74.8 Å². The average molecular weight is 419 g/mol. The molecule has 0 bridgehead atoms. The molecule has 1 unspecified atom stereocenters. The van der Waals surface area contributed by atoms with Crippen LogP contribution in [-0.2, 0) is 18.3 Å². The topological polar surface area (TPSA) is 66.7 Å². The minimum Gasteiger partial charge on any atom is -0.437 e. The number of amides is 1. The van der Waals surface area contributed by atoms with Crippen molar-refractivity contribution in [3.63, 3.8) is 0 Å². The predicted octanol–water partition coefficient (Wildman–Crippen LogP) is 2.17. The van der Waals surface area contributed by atoms with Gasteiger partial charge in [-0.05, 0) is 24.6 Å². The molecule has 2 aromatic heterocycles. The molecule has 1 aromatic carbocycles. The van der Waals surface area contributed by atoms with Gasteiger partial charge in [-0.15, -0.1) is 0 Å². The van der Waals surface area contributed by atoms with Crippen LogP contribution in [0.4, 0.5) is 10.6 Å². The summed E-state index contributed by atoms with van der Waals surface area (Å²) in [4.78, 5) is 27.9. The van der Waals surface area contributed by atoms with Crippen LogP contribution in [0.3, 0.4) is 0 Å². The molecule has 0 radical (unpaired) electrons. The highest BCUT2D eigenvalue weighted by Gasteiger charge is 2.62. The van der Waals surface area contributed by atoms with Crippen molar-refractivity contribution in [1.29, 1.82) is 0 Å². The lowest BCUT2D eigenvalue weighted by Gasteiger charge is -2.51. The summed E-state index contributed by atoms with van der Waals surface area (Å²) in [5.41, 5.74) is 2.13. The Kier molecular flexibility index (Phi) is 4.02. The Morgan fingerprint density at radius 1 is 1.19 bits per heavy atom. The number of carbonyl (C=O) groups excluding carboxylic acids is 1. The molecule has 3 aliphatic heterocycles. The summed E-state index contributed by atoms with van der Waals surface area (Å²) < 4.78 is 8.15. The number of nitrogens with zero attached hydrogens (tertiary/aromatic N) is 6.